The highest BCUT2D eigenvalue weighted by Crippen LogP contribution is 2.38. The number of aromatic nitrogens is 1. The van der Waals surface area contributed by atoms with E-state index in [1.54, 1.807) is 12.1 Å². The van der Waals surface area contributed by atoms with E-state index >= 15 is 0 Å². The van der Waals surface area contributed by atoms with Crippen molar-refractivity contribution < 1.29 is 19.4 Å². The number of hydrogen-bond acceptors (Lipinski definition) is 5. The average molecular weight is 479 g/mol. The topological polar surface area (TPSA) is 88.5 Å². The highest BCUT2D eigenvalue weighted by Gasteiger charge is 2.28. The number of carbonyl (C=O) groups excluding carboxylic acids is 2. The number of phenolic OH excluding ortho intramolecular Hbond substituents is 1. The molecule has 6 nitrogen and oxygen atoms in total. The van der Waals surface area contributed by atoms with E-state index in [-0.39, 0.29) is 18.3 Å². The van der Waals surface area contributed by atoms with Gasteiger partial charge in [-0.15, -0.1) is 0 Å². The zero-order valence-corrected chi connectivity index (χ0v) is 20.2. The molecule has 180 valence electrons. The lowest BCUT2D eigenvalue weighted by Crippen LogP contribution is -2.22. The Labute approximate surface area is 209 Å². The summed E-state index contributed by atoms with van der Waals surface area (Å²) in [6.07, 6.45) is 3.41. The van der Waals surface area contributed by atoms with Gasteiger partial charge in [0.15, 0.2) is 6.61 Å². The van der Waals surface area contributed by atoms with Crippen molar-refractivity contribution in [1.82, 2.24) is 4.98 Å². The lowest BCUT2D eigenvalue weighted by molar-refractivity contribution is -0.119. The molecule has 4 aromatic rings. The Balaban J connectivity index is 1.43. The first-order chi connectivity index (χ1) is 17.4. The Bertz CT molecular complexity index is 1500. The number of phenols is 1. The van der Waals surface area contributed by atoms with Gasteiger partial charge in [-0.3, -0.25) is 4.79 Å². The highest BCUT2D eigenvalue weighted by molar-refractivity contribution is 6.08. The molecule has 0 bridgehead atoms. The number of carbonyl (C=O) groups is 2. The van der Waals surface area contributed by atoms with Crippen molar-refractivity contribution in [2.45, 2.75) is 26.7 Å². The van der Waals surface area contributed by atoms with E-state index in [4.69, 9.17) is 9.72 Å². The fraction of sp³-hybridized carbons (Fsp3) is 0.167. The van der Waals surface area contributed by atoms with E-state index in [0.29, 0.717) is 22.9 Å². The third-order valence-corrected chi connectivity index (χ3v) is 6.46. The molecule has 6 heteroatoms. The van der Waals surface area contributed by atoms with Gasteiger partial charge in [0, 0.05) is 11.1 Å². The van der Waals surface area contributed by atoms with Crippen LogP contribution in [0.15, 0.2) is 66.7 Å². The molecule has 0 fully saturated rings. The number of amides is 1. The van der Waals surface area contributed by atoms with Crippen molar-refractivity contribution in [1.29, 1.82) is 0 Å². The van der Waals surface area contributed by atoms with Crippen molar-refractivity contribution in [3.05, 3.63) is 100 Å². The maximum Gasteiger partial charge on any atom is 0.339 e. The van der Waals surface area contributed by atoms with Gasteiger partial charge in [0.1, 0.15) is 5.75 Å². The van der Waals surface area contributed by atoms with Gasteiger partial charge in [0.05, 0.1) is 16.8 Å². The molecule has 0 unspecified atom stereocenters. The van der Waals surface area contributed by atoms with E-state index in [1.165, 1.54) is 0 Å². The van der Waals surface area contributed by atoms with E-state index in [2.05, 4.69) is 5.32 Å². The van der Waals surface area contributed by atoms with Gasteiger partial charge in [-0.1, -0.05) is 48.5 Å². The number of nitrogens with one attached hydrogen (secondary N) is 1. The molecule has 1 amide bonds. The fourth-order valence-corrected chi connectivity index (χ4v) is 4.67. The number of ether oxygens (including phenoxy) is 1. The van der Waals surface area contributed by atoms with Gasteiger partial charge in [-0.05, 0) is 78.8 Å². The summed E-state index contributed by atoms with van der Waals surface area (Å²) in [5, 5.41) is 13.1. The summed E-state index contributed by atoms with van der Waals surface area (Å²) in [4.78, 5) is 30.8. The predicted molar refractivity (Wildman–Crippen MR) is 141 cm³/mol. The number of fused-ring (bicyclic) bond motifs is 2. The quantitative estimate of drug-likeness (QED) is 0.352. The number of nitrogens with zero attached hydrogens (tertiary/aromatic N) is 1. The number of para-hydroxylation sites is 2. The highest BCUT2D eigenvalue weighted by atomic mass is 16.5. The molecule has 0 saturated heterocycles. The van der Waals surface area contributed by atoms with Crippen LogP contribution in [0, 0.1) is 13.8 Å². The molecule has 1 aliphatic carbocycles. The van der Waals surface area contributed by atoms with Crippen LogP contribution >= 0.6 is 0 Å². The minimum atomic E-state index is -0.535. The predicted octanol–water partition coefficient (Wildman–Crippen LogP) is 5.84. The van der Waals surface area contributed by atoms with Crippen molar-refractivity contribution >= 4 is 40.1 Å². The van der Waals surface area contributed by atoms with Crippen LogP contribution in [0.1, 0.15) is 44.7 Å². The first-order valence-corrected chi connectivity index (χ1v) is 11.9. The second kappa shape index (κ2) is 9.66. The number of esters is 1. The Morgan fingerprint density at radius 1 is 0.972 bits per heavy atom. The number of hydrogen-bond donors (Lipinski definition) is 2. The van der Waals surface area contributed by atoms with Crippen molar-refractivity contribution in [2.24, 2.45) is 0 Å². The molecule has 1 aliphatic rings. The average Bonchev–Trinajstić information content (AvgIpc) is 3.26. The van der Waals surface area contributed by atoms with E-state index in [1.807, 2.05) is 74.5 Å². The number of aromatic hydroxyl groups is 1. The summed E-state index contributed by atoms with van der Waals surface area (Å²) in [5.74, 6) is -0.712. The van der Waals surface area contributed by atoms with Crippen molar-refractivity contribution in [3.8, 4) is 5.75 Å². The van der Waals surface area contributed by atoms with Gasteiger partial charge in [-0.2, -0.15) is 0 Å². The Kier molecular flexibility index (Phi) is 6.25. The standard InChI is InChI=1S/C30H26N2O4/c1-18-6-5-7-19(2)28(18)32-26(34)17-36-30(35)27-23-8-3-4-9-25(23)31-29-21(12-15-24(27)29)16-20-10-13-22(33)14-11-20/h3-11,13-14,16,33H,12,15,17H2,1-2H3,(H,32,34)/b21-16-. The number of benzene rings is 3. The number of rotatable bonds is 5. The zero-order valence-electron chi connectivity index (χ0n) is 20.2. The molecule has 0 saturated carbocycles. The fourth-order valence-electron chi connectivity index (χ4n) is 4.67. The van der Waals surface area contributed by atoms with Crippen LogP contribution in [0.5, 0.6) is 5.75 Å². The lowest BCUT2D eigenvalue weighted by Gasteiger charge is -2.14. The van der Waals surface area contributed by atoms with Crippen LogP contribution in [0.2, 0.25) is 0 Å². The third kappa shape index (κ3) is 4.58. The first-order valence-electron chi connectivity index (χ1n) is 11.9. The molecule has 5 rings (SSSR count). The molecule has 2 N–H and O–H groups in total. The number of aryl methyl sites for hydroxylation is 2. The van der Waals surface area contributed by atoms with E-state index < -0.39 is 5.97 Å². The summed E-state index contributed by atoms with van der Waals surface area (Å²) < 4.78 is 5.52. The maximum absolute atomic E-state index is 13.3. The summed E-state index contributed by atoms with van der Waals surface area (Å²) in [6.45, 7) is 3.46. The van der Waals surface area contributed by atoms with Crippen molar-refractivity contribution in [2.75, 3.05) is 11.9 Å². The zero-order chi connectivity index (χ0) is 25.2. The smallest absolute Gasteiger partial charge is 0.339 e. The van der Waals surface area contributed by atoms with Crippen LogP contribution in [0.25, 0.3) is 22.6 Å². The molecule has 1 aromatic heterocycles. The van der Waals surface area contributed by atoms with Gasteiger partial charge in [-0.25, -0.2) is 9.78 Å². The van der Waals surface area contributed by atoms with Crippen LogP contribution in [0.3, 0.4) is 0 Å². The third-order valence-electron chi connectivity index (χ3n) is 6.46. The molecule has 1 heterocycles. The summed E-state index contributed by atoms with van der Waals surface area (Å²) >= 11 is 0. The Morgan fingerprint density at radius 3 is 2.44 bits per heavy atom. The SMILES string of the molecule is Cc1cccc(C)c1NC(=O)COC(=O)c1c2c(nc3ccccc13)/C(=C\c1ccc(O)cc1)CC2. The van der Waals surface area contributed by atoms with Crippen LogP contribution in [-0.4, -0.2) is 28.6 Å². The van der Waals surface area contributed by atoms with Crippen LogP contribution in [-0.2, 0) is 16.0 Å². The molecular weight excluding hydrogens is 452 g/mol. The second-order valence-corrected chi connectivity index (χ2v) is 8.98. The number of anilines is 1. The molecule has 0 aliphatic heterocycles. The normalized spacial score (nSPS) is 13.6. The van der Waals surface area contributed by atoms with Gasteiger partial charge in [0.25, 0.3) is 5.91 Å². The van der Waals surface area contributed by atoms with Crippen LogP contribution < -0.4 is 5.32 Å². The molecule has 0 spiro atoms. The Hall–Kier alpha value is -4.45. The molecule has 0 radical (unpaired) electrons. The lowest BCUT2D eigenvalue weighted by atomic mass is 10.0. The van der Waals surface area contributed by atoms with E-state index in [9.17, 15) is 14.7 Å². The minimum absolute atomic E-state index is 0.208. The maximum atomic E-state index is 13.3. The van der Waals surface area contributed by atoms with Crippen molar-refractivity contribution in [3.63, 3.8) is 0 Å². The number of allylic oxidation sites excluding steroid dienone is 1. The van der Waals surface area contributed by atoms with Gasteiger partial charge in [0.2, 0.25) is 0 Å². The Morgan fingerprint density at radius 2 is 1.69 bits per heavy atom. The first kappa shape index (κ1) is 23.3. The molecule has 0 atom stereocenters. The number of pyridine rings is 1. The molecule has 3 aromatic carbocycles. The molecule has 36 heavy (non-hydrogen) atoms. The van der Waals surface area contributed by atoms with Crippen LogP contribution in [0.4, 0.5) is 5.69 Å². The minimum Gasteiger partial charge on any atom is -0.508 e. The second-order valence-electron chi connectivity index (χ2n) is 8.98. The summed E-state index contributed by atoms with van der Waals surface area (Å²) in [7, 11) is 0. The van der Waals surface area contributed by atoms with Gasteiger partial charge >= 0.3 is 5.97 Å². The largest absolute Gasteiger partial charge is 0.508 e. The monoisotopic (exact) mass is 478 g/mol. The van der Waals surface area contributed by atoms with E-state index in [0.717, 1.165) is 45.6 Å². The van der Waals surface area contributed by atoms with Gasteiger partial charge < -0.3 is 15.2 Å². The summed E-state index contributed by atoms with van der Waals surface area (Å²) in [6, 6.07) is 20.2. The summed E-state index contributed by atoms with van der Waals surface area (Å²) in [5.41, 5.74) is 7.35. The molecular formula is C30H26N2O4.